The largest absolute Gasteiger partial charge is 0.478 e. The van der Waals surface area contributed by atoms with E-state index in [1.165, 1.54) is 12.1 Å². The molecular weight excluding hydrogens is 419 g/mol. The number of hydrogen-bond donors (Lipinski definition) is 1. The summed E-state index contributed by atoms with van der Waals surface area (Å²) >= 11 is 0. The number of aromatic amines is 1. The van der Waals surface area contributed by atoms with Gasteiger partial charge in [0.15, 0.2) is 0 Å². The third-order valence-corrected chi connectivity index (χ3v) is 6.23. The first-order valence-corrected chi connectivity index (χ1v) is 11.4. The van der Waals surface area contributed by atoms with Crippen molar-refractivity contribution in [2.24, 2.45) is 0 Å². The molecular formula is C26H27FN4O2. The van der Waals surface area contributed by atoms with Gasteiger partial charge in [0.2, 0.25) is 11.4 Å². The van der Waals surface area contributed by atoms with Crippen LogP contribution < -0.4 is 15.2 Å². The molecule has 0 radical (unpaired) electrons. The highest BCUT2D eigenvalue weighted by atomic mass is 19.1. The Morgan fingerprint density at radius 3 is 2.70 bits per heavy atom. The maximum absolute atomic E-state index is 13.8. The highest BCUT2D eigenvalue weighted by Crippen LogP contribution is 2.28. The summed E-state index contributed by atoms with van der Waals surface area (Å²) < 4.78 is 19.6. The van der Waals surface area contributed by atoms with Gasteiger partial charge in [-0.2, -0.15) is 0 Å². The van der Waals surface area contributed by atoms with Gasteiger partial charge in [0, 0.05) is 61.0 Å². The fourth-order valence-electron chi connectivity index (χ4n) is 4.44. The average Bonchev–Trinajstić information content (AvgIpc) is 2.83. The van der Waals surface area contributed by atoms with Crippen molar-refractivity contribution in [3.63, 3.8) is 0 Å². The summed E-state index contributed by atoms with van der Waals surface area (Å²) in [4.78, 5) is 23.4. The fraction of sp³-hybridized carbons (Fsp3) is 0.308. The van der Waals surface area contributed by atoms with E-state index in [0.29, 0.717) is 12.5 Å². The Morgan fingerprint density at radius 1 is 0.970 bits per heavy atom. The van der Waals surface area contributed by atoms with Crippen molar-refractivity contribution in [2.45, 2.75) is 12.8 Å². The number of aromatic nitrogens is 2. The first-order chi connectivity index (χ1) is 16.2. The van der Waals surface area contributed by atoms with Gasteiger partial charge in [0.25, 0.3) is 0 Å². The van der Waals surface area contributed by atoms with E-state index in [4.69, 9.17) is 4.74 Å². The molecule has 0 spiro atoms. The molecule has 3 heterocycles. The van der Waals surface area contributed by atoms with Crippen LogP contribution in [0.15, 0.2) is 65.6 Å². The number of hydrogen-bond acceptors (Lipinski definition) is 5. The summed E-state index contributed by atoms with van der Waals surface area (Å²) in [7, 11) is 0. The van der Waals surface area contributed by atoms with Crippen molar-refractivity contribution >= 4 is 27.4 Å². The summed E-state index contributed by atoms with van der Waals surface area (Å²) in [5, 5.41) is 2.94. The normalized spacial score (nSPS) is 14.8. The van der Waals surface area contributed by atoms with E-state index in [0.717, 1.165) is 72.9 Å². The second-order valence-corrected chi connectivity index (χ2v) is 8.46. The molecule has 5 rings (SSSR count). The van der Waals surface area contributed by atoms with Crippen LogP contribution in [0.25, 0.3) is 21.7 Å². The molecule has 170 valence electrons. The Bertz CT molecular complexity index is 1310. The lowest BCUT2D eigenvalue weighted by Gasteiger charge is -2.36. The number of nitrogens with one attached hydrogen (secondary N) is 1. The standard InChI is InChI=1S/C26H27FN4O2/c27-21-8-6-19-4-3-5-24(22(19)16-21)31-13-11-30(12-14-31)10-1-2-15-33-26-17-23-20(18-28-26)7-9-25(32)29-23/h3-9,16-18H,1-2,10-15H2,(H,29,32). The van der Waals surface area contributed by atoms with E-state index in [2.05, 4.69) is 25.8 Å². The van der Waals surface area contributed by atoms with Gasteiger partial charge in [0.05, 0.1) is 12.1 Å². The lowest BCUT2D eigenvalue weighted by Crippen LogP contribution is -2.46. The molecule has 7 heteroatoms. The molecule has 0 bridgehead atoms. The second-order valence-electron chi connectivity index (χ2n) is 8.46. The molecule has 1 saturated heterocycles. The van der Waals surface area contributed by atoms with E-state index in [9.17, 15) is 9.18 Å². The molecule has 1 aliphatic rings. The summed E-state index contributed by atoms with van der Waals surface area (Å²) in [5.74, 6) is 0.340. The smallest absolute Gasteiger partial charge is 0.248 e. The van der Waals surface area contributed by atoms with Gasteiger partial charge in [0.1, 0.15) is 5.82 Å². The van der Waals surface area contributed by atoms with E-state index in [-0.39, 0.29) is 11.4 Å². The Labute approximate surface area is 191 Å². The number of H-pyrrole nitrogens is 1. The van der Waals surface area contributed by atoms with Crippen LogP contribution in [0.1, 0.15) is 12.8 Å². The third kappa shape index (κ3) is 4.98. The van der Waals surface area contributed by atoms with Crippen molar-refractivity contribution < 1.29 is 9.13 Å². The van der Waals surface area contributed by atoms with Gasteiger partial charge >= 0.3 is 0 Å². The Hall–Kier alpha value is -3.45. The molecule has 6 nitrogen and oxygen atoms in total. The van der Waals surface area contributed by atoms with E-state index in [1.54, 1.807) is 24.4 Å². The predicted octanol–water partition coefficient (Wildman–Crippen LogP) is 4.20. The van der Waals surface area contributed by atoms with Crippen molar-refractivity contribution in [3.8, 4) is 5.88 Å². The monoisotopic (exact) mass is 446 g/mol. The van der Waals surface area contributed by atoms with Gasteiger partial charge in [-0.25, -0.2) is 9.37 Å². The molecule has 4 aromatic rings. The number of pyridine rings is 2. The quantitative estimate of drug-likeness (QED) is 0.431. The highest BCUT2D eigenvalue weighted by molar-refractivity contribution is 5.94. The molecule has 2 aromatic heterocycles. The highest BCUT2D eigenvalue weighted by Gasteiger charge is 2.18. The number of rotatable bonds is 7. The number of anilines is 1. The second kappa shape index (κ2) is 9.58. The summed E-state index contributed by atoms with van der Waals surface area (Å²) in [6.45, 7) is 5.48. The summed E-state index contributed by atoms with van der Waals surface area (Å²) in [5.41, 5.74) is 1.72. The van der Waals surface area contributed by atoms with Gasteiger partial charge in [-0.3, -0.25) is 9.69 Å². The number of ether oxygens (including phenoxy) is 1. The number of nitrogens with zero attached hydrogens (tertiary/aromatic N) is 3. The number of benzene rings is 2. The minimum atomic E-state index is -0.192. The zero-order chi connectivity index (χ0) is 22.6. The van der Waals surface area contributed by atoms with Gasteiger partial charge in [-0.1, -0.05) is 18.2 Å². The Balaban J connectivity index is 1.07. The topological polar surface area (TPSA) is 61.5 Å². The summed E-state index contributed by atoms with van der Waals surface area (Å²) in [6, 6.07) is 16.2. The molecule has 0 atom stereocenters. The van der Waals surface area contributed by atoms with Crippen LogP contribution in [-0.4, -0.2) is 54.2 Å². The molecule has 0 amide bonds. The first kappa shape index (κ1) is 21.4. The predicted molar refractivity (Wildman–Crippen MR) is 130 cm³/mol. The molecule has 33 heavy (non-hydrogen) atoms. The molecule has 0 unspecified atom stereocenters. The van der Waals surface area contributed by atoms with Crippen LogP contribution in [-0.2, 0) is 0 Å². The number of halogens is 1. The van der Waals surface area contributed by atoms with E-state index >= 15 is 0 Å². The SMILES string of the molecule is O=c1ccc2cnc(OCCCCN3CCN(c4cccc5ccc(F)cc45)CC3)cc2[nH]1. The molecule has 0 aliphatic carbocycles. The minimum absolute atomic E-state index is 0.132. The Morgan fingerprint density at radius 2 is 1.82 bits per heavy atom. The molecule has 1 N–H and O–H groups in total. The van der Waals surface area contributed by atoms with Gasteiger partial charge in [-0.05, 0) is 49.0 Å². The summed E-state index contributed by atoms with van der Waals surface area (Å²) in [6.07, 6.45) is 3.70. The van der Waals surface area contributed by atoms with Crippen LogP contribution in [0.4, 0.5) is 10.1 Å². The average molecular weight is 447 g/mol. The van der Waals surface area contributed by atoms with Crippen LogP contribution in [0.3, 0.4) is 0 Å². The third-order valence-electron chi connectivity index (χ3n) is 6.23. The maximum atomic E-state index is 13.8. The van der Waals surface area contributed by atoms with Crippen molar-refractivity contribution in [1.29, 1.82) is 0 Å². The maximum Gasteiger partial charge on any atom is 0.248 e. The molecule has 1 fully saturated rings. The van der Waals surface area contributed by atoms with Crippen molar-refractivity contribution in [3.05, 3.63) is 77.0 Å². The number of piperazine rings is 1. The van der Waals surface area contributed by atoms with Crippen LogP contribution in [0, 0.1) is 5.82 Å². The fourth-order valence-corrected chi connectivity index (χ4v) is 4.44. The zero-order valence-corrected chi connectivity index (χ0v) is 18.5. The molecule has 0 saturated carbocycles. The Kier molecular flexibility index (Phi) is 6.21. The van der Waals surface area contributed by atoms with Gasteiger partial charge < -0.3 is 14.6 Å². The van der Waals surface area contributed by atoms with Gasteiger partial charge in [-0.15, -0.1) is 0 Å². The molecule has 1 aliphatic heterocycles. The minimum Gasteiger partial charge on any atom is -0.478 e. The van der Waals surface area contributed by atoms with Crippen LogP contribution >= 0.6 is 0 Å². The van der Waals surface area contributed by atoms with Crippen molar-refractivity contribution in [2.75, 3.05) is 44.2 Å². The lowest BCUT2D eigenvalue weighted by molar-refractivity contribution is 0.237. The van der Waals surface area contributed by atoms with Crippen molar-refractivity contribution in [1.82, 2.24) is 14.9 Å². The van der Waals surface area contributed by atoms with E-state index < -0.39 is 0 Å². The van der Waals surface area contributed by atoms with Crippen LogP contribution in [0.5, 0.6) is 5.88 Å². The van der Waals surface area contributed by atoms with Crippen LogP contribution in [0.2, 0.25) is 0 Å². The first-order valence-electron chi connectivity index (χ1n) is 11.4. The lowest BCUT2D eigenvalue weighted by atomic mass is 10.1. The van der Waals surface area contributed by atoms with E-state index in [1.807, 2.05) is 18.2 Å². The zero-order valence-electron chi connectivity index (χ0n) is 18.5. The number of fused-ring (bicyclic) bond motifs is 2. The number of unbranched alkanes of at least 4 members (excludes halogenated alkanes) is 1. The molecule has 2 aromatic carbocycles.